The highest BCUT2D eigenvalue weighted by atomic mass is 35.5. The molecule has 1 N–H and O–H groups in total. The van der Waals surface area contributed by atoms with Crippen LogP contribution in [0, 0.1) is 0 Å². The minimum absolute atomic E-state index is 0.0347. The maximum Gasteiger partial charge on any atom is 0.417 e. The van der Waals surface area contributed by atoms with E-state index in [0.29, 0.717) is 16.3 Å². The van der Waals surface area contributed by atoms with E-state index in [1.165, 1.54) is 61.2 Å². The maximum absolute atomic E-state index is 14.7. The molecule has 5 rings (SSSR count). The molecule has 238 valence electrons. The number of ether oxygens (including phenoxy) is 2. The summed E-state index contributed by atoms with van der Waals surface area (Å²) in [7, 11) is 2.87. The smallest absolute Gasteiger partial charge is 0.417 e. The fraction of sp³-hybridized carbons (Fsp3) is 0.206. The molecule has 0 aliphatic carbocycles. The predicted molar refractivity (Wildman–Crippen MR) is 171 cm³/mol. The van der Waals surface area contributed by atoms with Crippen molar-refractivity contribution in [3.05, 3.63) is 116 Å². The standard InChI is InChI=1S/C34H27Cl2F3N2O5/c1-41-27-13-6-5-10-23(27)30(34(37,38)39)28(32(41)43)22-15-14-19(20-8-3-4-9-21(20)22)18-26(33(44)46-17-16-45-2)40-31(42)29-24(35)11-7-12-25(29)36/h3-15,26H,16-18H2,1-2H3,(H,40,42)/t26-/m0/s1. The second-order valence-electron chi connectivity index (χ2n) is 10.4. The Morgan fingerprint density at radius 3 is 2.15 bits per heavy atom. The van der Waals surface area contributed by atoms with Gasteiger partial charge in [-0.25, -0.2) is 4.79 Å². The van der Waals surface area contributed by atoms with Crippen molar-refractivity contribution in [2.75, 3.05) is 20.3 Å². The first-order valence-electron chi connectivity index (χ1n) is 14.0. The number of carbonyl (C=O) groups excluding carboxylic acids is 2. The third-order valence-corrected chi connectivity index (χ3v) is 8.24. The number of hydrogen-bond acceptors (Lipinski definition) is 5. The van der Waals surface area contributed by atoms with E-state index in [1.54, 1.807) is 36.4 Å². The topological polar surface area (TPSA) is 86.6 Å². The highest BCUT2D eigenvalue weighted by molar-refractivity contribution is 6.39. The van der Waals surface area contributed by atoms with Crippen molar-refractivity contribution in [1.82, 2.24) is 9.88 Å². The monoisotopic (exact) mass is 670 g/mol. The summed E-state index contributed by atoms with van der Waals surface area (Å²) >= 11 is 12.4. The van der Waals surface area contributed by atoms with Crippen molar-refractivity contribution < 1.29 is 32.2 Å². The molecule has 0 saturated carbocycles. The molecule has 7 nitrogen and oxygen atoms in total. The number of nitrogens with zero attached hydrogens (tertiary/aromatic N) is 1. The lowest BCUT2D eigenvalue weighted by molar-refractivity contribution is -0.147. The fourth-order valence-corrected chi connectivity index (χ4v) is 6.05. The normalized spacial score (nSPS) is 12.3. The third-order valence-electron chi connectivity index (χ3n) is 7.61. The molecule has 1 aromatic heterocycles. The molecule has 1 atom stereocenters. The Morgan fingerprint density at radius 1 is 0.870 bits per heavy atom. The van der Waals surface area contributed by atoms with E-state index < -0.39 is 40.8 Å². The van der Waals surface area contributed by atoms with E-state index in [4.69, 9.17) is 32.7 Å². The zero-order chi connectivity index (χ0) is 33.2. The van der Waals surface area contributed by atoms with Crippen LogP contribution in [0.2, 0.25) is 10.0 Å². The fourth-order valence-electron chi connectivity index (χ4n) is 5.48. The van der Waals surface area contributed by atoms with Crippen molar-refractivity contribution >= 4 is 56.8 Å². The molecule has 1 heterocycles. The van der Waals surface area contributed by atoms with Crippen molar-refractivity contribution in [3.63, 3.8) is 0 Å². The molecular weight excluding hydrogens is 644 g/mol. The Balaban J connectivity index is 1.64. The minimum atomic E-state index is -4.84. The van der Waals surface area contributed by atoms with Gasteiger partial charge in [-0.1, -0.05) is 83.9 Å². The minimum Gasteiger partial charge on any atom is -0.462 e. The van der Waals surface area contributed by atoms with Gasteiger partial charge in [-0.15, -0.1) is 0 Å². The molecule has 46 heavy (non-hydrogen) atoms. The second-order valence-corrected chi connectivity index (χ2v) is 11.2. The summed E-state index contributed by atoms with van der Waals surface area (Å²) < 4.78 is 55.6. The van der Waals surface area contributed by atoms with Gasteiger partial charge in [-0.05, 0) is 40.1 Å². The van der Waals surface area contributed by atoms with E-state index in [-0.39, 0.29) is 51.7 Å². The van der Waals surface area contributed by atoms with Crippen LogP contribution in [0.5, 0.6) is 0 Å². The van der Waals surface area contributed by atoms with Crippen molar-refractivity contribution in [2.45, 2.75) is 18.6 Å². The first-order valence-corrected chi connectivity index (χ1v) is 14.8. The molecule has 0 fully saturated rings. The van der Waals surface area contributed by atoms with Gasteiger partial charge in [0.15, 0.2) is 0 Å². The van der Waals surface area contributed by atoms with Gasteiger partial charge < -0.3 is 19.4 Å². The zero-order valence-corrected chi connectivity index (χ0v) is 26.1. The Labute approximate surface area is 271 Å². The number of hydrogen-bond donors (Lipinski definition) is 1. The van der Waals surface area contributed by atoms with E-state index >= 15 is 0 Å². The summed E-state index contributed by atoms with van der Waals surface area (Å²) in [5.41, 5.74) is -1.65. The van der Waals surface area contributed by atoms with E-state index in [2.05, 4.69) is 5.32 Å². The van der Waals surface area contributed by atoms with Gasteiger partial charge in [0.05, 0.1) is 38.9 Å². The number of aryl methyl sites for hydroxylation is 1. The lowest BCUT2D eigenvalue weighted by Crippen LogP contribution is -2.44. The van der Waals surface area contributed by atoms with Crippen molar-refractivity contribution in [3.8, 4) is 11.1 Å². The van der Waals surface area contributed by atoms with Gasteiger partial charge >= 0.3 is 12.1 Å². The quantitative estimate of drug-likeness (QED) is 0.132. The molecule has 1 amide bonds. The number of rotatable bonds is 9. The molecule has 4 aromatic carbocycles. The van der Waals surface area contributed by atoms with Gasteiger partial charge in [0.2, 0.25) is 0 Å². The summed E-state index contributed by atoms with van der Waals surface area (Å²) in [6, 6.07) is 18.7. The van der Waals surface area contributed by atoms with E-state index in [9.17, 15) is 27.6 Å². The molecule has 0 aliphatic heterocycles. The number of nitrogens with one attached hydrogen (secondary N) is 1. The average Bonchev–Trinajstić information content (AvgIpc) is 3.02. The van der Waals surface area contributed by atoms with Gasteiger partial charge in [0.1, 0.15) is 12.6 Å². The van der Waals surface area contributed by atoms with E-state index in [1.807, 2.05) is 0 Å². The molecule has 5 aromatic rings. The lowest BCUT2D eigenvalue weighted by Gasteiger charge is -2.21. The van der Waals surface area contributed by atoms with Crippen molar-refractivity contribution in [2.24, 2.45) is 7.05 Å². The second kappa shape index (κ2) is 13.5. The number of carbonyl (C=O) groups is 2. The van der Waals surface area contributed by atoms with E-state index in [0.717, 1.165) is 0 Å². The molecule has 12 heteroatoms. The zero-order valence-electron chi connectivity index (χ0n) is 24.6. The Bertz CT molecular complexity index is 2010. The van der Waals surface area contributed by atoms with Crippen molar-refractivity contribution in [1.29, 1.82) is 0 Å². The summed E-state index contributed by atoms with van der Waals surface area (Å²) in [6.07, 6.45) is -4.95. The Hall–Kier alpha value is -4.38. The number of fused-ring (bicyclic) bond motifs is 2. The van der Waals surface area contributed by atoms with Crippen LogP contribution >= 0.6 is 23.2 Å². The summed E-state index contributed by atoms with van der Waals surface area (Å²) in [5, 5.41) is 3.50. The number of aromatic nitrogens is 1. The van der Waals surface area contributed by atoms with Gasteiger partial charge in [-0.3, -0.25) is 9.59 Å². The summed E-state index contributed by atoms with van der Waals surface area (Å²) in [4.78, 5) is 40.1. The van der Waals surface area contributed by atoms with Crippen LogP contribution < -0.4 is 10.9 Å². The maximum atomic E-state index is 14.7. The SMILES string of the molecule is COCCOC(=O)[C@H](Cc1ccc(-c2c(C(F)(F)F)c3ccccc3n(C)c2=O)c2ccccc12)NC(=O)c1c(Cl)cccc1Cl. The number of pyridine rings is 1. The van der Waals surface area contributed by atoms with Gasteiger partial charge in [-0.2, -0.15) is 13.2 Å². The van der Waals surface area contributed by atoms with Crippen LogP contribution in [0.25, 0.3) is 32.8 Å². The largest absolute Gasteiger partial charge is 0.462 e. The molecular formula is C34H27Cl2F3N2O5. The van der Waals surface area contributed by atoms with Gasteiger partial charge in [0.25, 0.3) is 11.5 Å². The van der Waals surface area contributed by atoms with Gasteiger partial charge in [0, 0.05) is 26.0 Å². The molecule has 0 saturated heterocycles. The number of halogens is 5. The Kier molecular flexibility index (Phi) is 9.71. The summed E-state index contributed by atoms with van der Waals surface area (Å²) in [6.45, 7) is 0.0301. The number of amides is 1. The molecule has 0 spiro atoms. The number of benzene rings is 4. The molecule has 0 radical (unpaired) electrons. The predicted octanol–water partition coefficient (Wildman–Crippen LogP) is 7.22. The summed E-state index contributed by atoms with van der Waals surface area (Å²) in [5.74, 6) is -1.50. The number of para-hydroxylation sites is 1. The average molecular weight is 671 g/mol. The van der Waals surface area contributed by atoms with Crippen LogP contribution in [-0.2, 0) is 33.9 Å². The number of alkyl halides is 3. The Morgan fingerprint density at radius 2 is 1.50 bits per heavy atom. The molecule has 0 aliphatic rings. The highest BCUT2D eigenvalue weighted by Crippen LogP contribution is 2.42. The number of methoxy groups -OCH3 is 1. The first-order chi connectivity index (χ1) is 21.9. The third kappa shape index (κ3) is 6.46. The lowest BCUT2D eigenvalue weighted by atomic mass is 9.89. The van der Waals surface area contributed by atoms with Crippen LogP contribution in [0.15, 0.2) is 83.7 Å². The van der Waals surface area contributed by atoms with Crippen LogP contribution in [-0.4, -0.2) is 42.8 Å². The van der Waals surface area contributed by atoms with Crippen LogP contribution in [0.3, 0.4) is 0 Å². The highest BCUT2D eigenvalue weighted by Gasteiger charge is 2.38. The first kappa shape index (κ1) is 33.0. The molecule has 0 bridgehead atoms. The molecule has 0 unspecified atom stereocenters. The number of esters is 1. The van der Waals surface area contributed by atoms with Crippen LogP contribution in [0.1, 0.15) is 21.5 Å². The van der Waals surface area contributed by atoms with Crippen LogP contribution in [0.4, 0.5) is 13.2 Å².